The minimum Gasteiger partial charge on any atom is -0.743 e. The molecule has 31 heavy (non-hydrogen) atoms. The molecule has 0 spiro atoms. The zero-order chi connectivity index (χ0) is 22.3. The molecule has 3 rings (SSSR count). The number of rotatable bonds is 9. The molecule has 2 fully saturated rings. The van der Waals surface area contributed by atoms with Gasteiger partial charge in [-0.05, 0) is 56.7 Å². The Morgan fingerprint density at radius 2 is 1.97 bits per heavy atom. The largest absolute Gasteiger partial charge is 0.743 e. The van der Waals surface area contributed by atoms with Gasteiger partial charge in [0.15, 0.2) is 0 Å². The van der Waals surface area contributed by atoms with Crippen molar-refractivity contribution in [3.8, 4) is 6.07 Å². The molecule has 1 heterocycles. The second kappa shape index (κ2) is 10.6. The summed E-state index contributed by atoms with van der Waals surface area (Å²) in [5.74, 6) is -0.641. The molecule has 1 aliphatic carbocycles. The Labute approximate surface area is 183 Å². The second-order valence-corrected chi connectivity index (χ2v) is 10.3. The fraction of sp³-hybridized carbons (Fsp3) is 0.667. The molecule has 1 aliphatic heterocycles. The van der Waals surface area contributed by atoms with E-state index in [1.807, 2.05) is 0 Å². The number of nitriles is 1. The van der Waals surface area contributed by atoms with Gasteiger partial charge >= 0.3 is 0 Å². The van der Waals surface area contributed by atoms with Crippen molar-refractivity contribution in [2.75, 3.05) is 29.7 Å². The average molecular weight is 454 g/mol. The molecular weight excluding hydrogens is 423 g/mol. The van der Waals surface area contributed by atoms with Crippen molar-refractivity contribution in [2.45, 2.75) is 63.0 Å². The fourth-order valence-corrected chi connectivity index (χ4v) is 5.78. The number of hydrogen-bond donors (Lipinski definition) is 2. The van der Waals surface area contributed by atoms with E-state index in [4.69, 9.17) is 4.74 Å². The van der Waals surface area contributed by atoms with Gasteiger partial charge in [0.1, 0.15) is 5.82 Å². The maximum Gasteiger partial charge on any atom is 0.235 e. The van der Waals surface area contributed by atoms with Crippen molar-refractivity contribution < 1.29 is 17.5 Å². The van der Waals surface area contributed by atoms with E-state index in [2.05, 4.69) is 16.2 Å². The average Bonchev–Trinajstić information content (AvgIpc) is 2.79. The molecule has 0 bridgehead atoms. The number of sulfonamides is 1. The predicted octanol–water partition coefficient (Wildman–Crippen LogP) is 3.81. The molecule has 172 valence electrons. The van der Waals surface area contributed by atoms with Gasteiger partial charge in [0.05, 0.1) is 28.1 Å². The van der Waals surface area contributed by atoms with Crippen LogP contribution >= 0.6 is 0 Å². The predicted molar refractivity (Wildman–Crippen MR) is 117 cm³/mol. The molecule has 0 radical (unpaired) electrons. The number of benzene rings is 1. The fourth-order valence-electron chi connectivity index (χ4n) is 4.32. The van der Waals surface area contributed by atoms with Crippen LogP contribution in [-0.2, 0) is 14.8 Å². The summed E-state index contributed by atoms with van der Waals surface area (Å²) in [5, 5.41) is 21.9. The van der Waals surface area contributed by atoms with E-state index < -0.39 is 21.1 Å². The summed E-state index contributed by atoms with van der Waals surface area (Å²) in [7, 11) is -3.74. The molecule has 1 saturated carbocycles. The van der Waals surface area contributed by atoms with Gasteiger partial charge in [-0.1, -0.05) is 19.3 Å². The van der Waals surface area contributed by atoms with Crippen LogP contribution in [-0.4, -0.2) is 33.4 Å². The molecule has 0 aromatic heterocycles. The summed E-state index contributed by atoms with van der Waals surface area (Å²) in [4.78, 5) is 0. The van der Waals surface area contributed by atoms with E-state index in [0.717, 1.165) is 44.2 Å². The lowest BCUT2D eigenvalue weighted by Gasteiger charge is -2.34. The quantitative estimate of drug-likeness (QED) is 0.431. The Kier molecular flexibility index (Phi) is 8.11. The maximum absolute atomic E-state index is 13.8. The molecule has 8 nitrogen and oxygen atoms in total. The zero-order valence-corrected chi connectivity index (χ0v) is 18.4. The van der Waals surface area contributed by atoms with Crippen LogP contribution in [0.5, 0.6) is 0 Å². The van der Waals surface area contributed by atoms with Crippen molar-refractivity contribution in [2.24, 2.45) is 5.41 Å². The first-order valence-corrected chi connectivity index (χ1v) is 12.4. The minimum atomic E-state index is -3.74. The number of anilines is 2. The van der Waals surface area contributed by atoms with Crippen LogP contribution in [0.1, 0.15) is 57.8 Å². The van der Waals surface area contributed by atoms with Crippen LogP contribution in [0.15, 0.2) is 18.2 Å². The Morgan fingerprint density at radius 3 is 2.65 bits per heavy atom. The van der Waals surface area contributed by atoms with E-state index in [1.54, 1.807) is 0 Å². The first kappa shape index (κ1) is 23.7. The third-order valence-electron chi connectivity index (χ3n) is 6.17. The van der Waals surface area contributed by atoms with Crippen molar-refractivity contribution >= 4 is 21.4 Å². The third-order valence-corrected chi connectivity index (χ3v) is 8.03. The SMILES string of the molecule is N#CC1(CCCNN([O-])c2cc(F)ccc2NS(=O)(=O)C2CCOCC2)CCCCC1. The summed E-state index contributed by atoms with van der Waals surface area (Å²) in [6.45, 7) is 1.03. The summed E-state index contributed by atoms with van der Waals surface area (Å²) in [6.07, 6.45) is 7.06. The highest BCUT2D eigenvalue weighted by Gasteiger charge is 2.31. The lowest BCUT2D eigenvalue weighted by atomic mass is 9.72. The summed E-state index contributed by atoms with van der Waals surface area (Å²) in [6, 6.07) is 5.82. The van der Waals surface area contributed by atoms with Gasteiger partial charge < -0.3 is 15.1 Å². The van der Waals surface area contributed by atoms with Crippen LogP contribution in [0.3, 0.4) is 0 Å². The van der Waals surface area contributed by atoms with Crippen molar-refractivity contribution in [3.05, 3.63) is 29.2 Å². The zero-order valence-electron chi connectivity index (χ0n) is 17.6. The normalized spacial score (nSPS) is 19.5. The summed E-state index contributed by atoms with van der Waals surface area (Å²) in [5.41, 5.74) is 2.23. The number of ether oxygens (including phenoxy) is 1. The highest BCUT2D eigenvalue weighted by atomic mass is 32.2. The van der Waals surface area contributed by atoms with Crippen LogP contribution in [0, 0.1) is 27.8 Å². The monoisotopic (exact) mass is 453 g/mol. The number of hydrogen-bond acceptors (Lipinski definition) is 7. The molecule has 1 aromatic rings. The molecule has 0 unspecified atom stereocenters. The molecule has 10 heteroatoms. The molecule has 2 N–H and O–H groups in total. The van der Waals surface area contributed by atoms with Crippen molar-refractivity contribution in [1.82, 2.24) is 5.43 Å². The molecule has 1 aromatic carbocycles. The Balaban J connectivity index is 1.61. The first-order valence-electron chi connectivity index (χ1n) is 10.9. The third kappa shape index (κ3) is 6.29. The van der Waals surface area contributed by atoms with Crippen LogP contribution in [0.25, 0.3) is 0 Å². The van der Waals surface area contributed by atoms with E-state index in [1.165, 1.54) is 6.07 Å². The summed E-state index contributed by atoms with van der Waals surface area (Å²) >= 11 is 0. The van der Waals surface area contributed by atoms with Gasteiger partial charge in [-0.15, -0.1) is 0 Å². The molecular formula is C21H30FN4O4S-. The van der Waals surface area contributed by atoms with Gasteiger partial charge in [-0.25, -0.2) is 18.2 Å². The highest BCUT2D eigenvalue weighted by molar-refractivity contribution is 7.93. The Bertz CT molecular complexity index is 878. The van der Waals surface area contributed by atoms with Gasteiger partial charge in [-0.2, -0.15) is 5.26 Å². The second-order valence-electron chi connectivity index (χ2n) is 8.38. The number of hydrazine groups is 1. The van der Waals surface area contributed by atoms with E-state index in [0.29, 0.717) is 50.6 Å². The van der Waals surface area contributed by atoms with Gasteiger partial charge in [0.2, 0.25) is 10.0 Å². The van der Waals surface area contributed by atoms with Crippen LogP contribution in [0.2, 0.25) is 0 Å². The standard InChI is InChI=1S/C21H30FN4O4S/c22-17-5-6-19(25-31(28,29)18-7-13-30-14-8-18)20(15-17)26(27)24-12-4-11-21(16-23)9-2-1-3-10-21/h5-6,15,18,24-25H,1-4,7-14H2/q-1. The summed E-state index contributed by atoms with van der Waals surface area (Å²) < 4.78 is 46.8. The smallest absolute Gasteiger partial charge is 0.235 e. The number of halogens is 1. The minimum absolute atomic E-state index is 0.0242. The Morgan fingerprint density at radius 1 is 1.26 bits per heavy atom. The van der Waals surface area contributed by atoms with E-state index in [9.17, 15) is 23.3 Å². The van der Waals surface area contributed by atoms with Crippen LogP contribution in [0.4, 0.5) is 15.8 Å². The maximum atomic E-state index is 13.8. The van der Waals surface area contributed by atoms with Gasteiger partial charge in [0.25, 0.3) is 0 Å². The van der Waals surface area contributed by atoms with Gasteiger partial charge in [0, 0.05) is 19.8 Å². The van der Waals surface area contributed by atoms with Crippen molar-refractivity contribution in [3.63, 3.8) is 0 Å². The molecule has 0 atom stereocenters. The van der Waals surface area contributed by atoms with E-state index in [-0.39, 0.29) is 16.8 Å². The molecule has 1 saturated heterocycles. The van der Waals surface area contributed by atoms with Crippen LogP contribution < -0.4 is 15.3 Å². The Hall–Kier alpha value is -1.93. The number of nitrogens with one attached hydrogen (secondary N) is 2. The first-order chi connectivity index (χ1) is 14.9. The van der Waals surface area contributed by atoms with Crippen molar-refractivity contribution in [1.29, 1.82) is 5.26 Å². The molecule has 2 aliphatic rings. The topological polar surface area (TPSA) is 118 Å². The number of nitrogens with zero attached hydrogens (tertiary/aromatic N) is 2. The highest BCUT2D eigenvalue weighted by Crippen LogP contribution is 2.39. The van der Waals surface area contributed by atoms with Gasteiger partial charge in [-0.3, -0.25) is 4.72 Å². The van der Waals surface area contributed by atoms with E-state index >= 15 is 0 Å². The lowest BCUT2D eigenvalue weighted by molar-refractivity contribution is 0.0984. The molecule has 0 amide bonds. The lowest BCUT2D eigenvalue weighted by Crippen LogP contribution is -2.36.